The zero-order valence-corrected chi connectivity index (χ0v) is 7.73. The Morgan fingerprint density at radius 1 is 1.69 bits per heavy atom. The molecule has 0 atom stereocenters. The van der Waals surface area contributed by atoms with Crippen LogP contribution in [-0.4, -0.2) is 29.8 Å². The molecule has 0 aliphatic heterocycles. The van der Waals surface area contributed by atoms with E-state index in [-0.39, 0.29) is 12.6 Å². The van der Waals surface area contributed by atoms with E-state index in [9.17, 15) is 4.79 Å². The van der Waals surface area contributed by atoms with E-state index in [4.69, 9.17) is 5.11 Å². The van der Waals surface area contributed by atoms with Gasteiger partial charge in [-0.2, -0.15) is 0 Å². The predicted molar refractivity (Wildman–Crippen MR) is 48.3 cm³/mol. The Bertz CT molecular complexity index is 236. The molecule has 13 heavy (non-hydrogen) atoms. The second kappa shape index (κ2) is 7.24. The predicted octanol–water partition coefficient (Wildman–Crippen LogP) is 0.867. The van der Waals surface area contributed by atoms with Gasteiger partial charge < -0.3 is 9.84 Å². The van der Waals surface area contributed by atoms with E-state index in [2.05, 4.69) is 9.72 Å². The van der Waals surface area contributed by atoms with Gasteiger partial charge in [-0.1, -0.05) is 0 Å². The molecule has 0 aromatic carbocycles. The molecule has 0 saturated heterocycles. The van der Waals surface area contributed by atoms with Crippen molar-refractivity contribution in [3.05, 3.63) is 30.1 Å². The third-order valence-corrected chi connectivity index (χ3v) is 1.08. The van der Waals surface area contributed by atoms with Crippen LogP contribution in [0.5, 0.6) is 0 Å². The van der Waals surface area contributed by atoms with Crippen LogP contribution in [0.3, 0.4) is 0 Å². The first-order chi connectivity index (χ1) is 6.26. The minimum absolute atomic E-state index is 0.250. The van der Waals surface area contributed by atoms with Gasteiger partial charge >= 0.3 is 5.97 Å². The van der Waals surface area contributed by atoms with Gasteiger partial charge in [0.1, 0.15) is 0 Å². The largest absolute Gasteiger partial charge is 0.465 e. The van der Waals surface area contributed by atoms with Crippen LogP contribution in [0.4, 0.5) is 0 Å². The van der Waals surface area contributed by atoms with Crippen LogP contribution >= 0.6 is 0 Å². The Morgan fingerprint density at radius 2 is 2.31 bits per heavy atom. The molecule has 0 spiro atoms. The van der Waals surface area contributed by atoms with Crippen molar-refractivity contribution in [2.24, 2.45) is 0 Å². The Morgan fingerprint density at radius 3 is 2.69 bits per heavy atom. The third kappa shape index (κ3) is 4.92. The number of aromatic nitrogens is 1. The second-order valence-corrected chi connectivity index (χ2v) is 2.05. The van der Waals surface area contributed by atoms with Crippen molar-refractivity contribution in [1.29, 1.82) is 0 Å². The minimum Gasteiger partial charge on any atom is -0.465 e. The third-order valence-electron chi connectivity index (χ3n) is 1.08. The molecular formula is C9H13NO3. The molecule has 1 heterocycles. The lowest BCUT2D eigenvalue weighted by Crippen LogP contribution is -2.00. The summed E-state index contributed by atoms with van der Waals surface area (Å²) in [4.78, 5) is 14.5. The number of rotatable bonds is 1. The van der Waals surface area contributed by atoms with Crippen molar-refractivity contribution in [2.75, 3.05) is 13.7 Å². The van der Waals surface area contributed by atoms with Crippen molar-refractivity contribution >= 4 is 5.97 Å². The van der Waals surface area contributed by atoms with Gasteiger partial charge in [-0.05, 0) is 19.1 Å². The first-order valence-corrected chi connectivity index (χ1v) is 3.85. The maximum atomic E-state index is 10.8. The summed E-state index contributed by atoms with van der Waals surface area (Å²) in [5.41, 5.74) is 0.477. The topological polar surface area (TPSA) is 59.4 Å². The van der Waals surface area contributed by atoms with Crippen LogP contribution < -0.4 is 0 Å². The number of hydrogen-bond donors (Lipinski definition) is 1. The average Bonchev–Trinajstić information content (AvgIpc) is 2.19. The second-order valence-electron chi connectivity index (χ2n) is 2.05. The van der Waals surface area contributed by atoms with E-state index in [1.807, 2.05) is 0 Å². The first kappa shape index (κ1) is 11.6. The van der Waals surface area contributed by atoms with Crippen LogP contribution in [0.1, 0.15) is 17.3 Å². The zero-order chi connectivity index (χ0) is 10.1. The molecule has 72 valence electrons. The molecule has 1 aromatic rings. The Kier molecular flexibility index (Phi) is 6.45. The standard InChI is InChI=1S/C7H7NO2.C2H6O/c1-10-7(9)6-3-2-4-8-5-6;1-2-3/h2-5H,1H3;3H,2H2,1H3. The highest BCUT2D eigenvalue weighted by atomic mass is 16.5. The summed E-state index contributed by atoms with van der Waals surface area (Å²) in [6.07, 6.45) is 3.07. The number of carbonyl (C=O) groups excluding carboxylic acids is 1. The summed E-state index contributed by atoms with van der Waals surface area (Å²) in [5, 5.41) is 7.57. The highest BCUT2D eigenvalue weighted by Crippen LogP contribution is 1.96. The van der Waals surface area contributed by atoms with Crippen molar-refractivity contribution in [2.45, 2.75) is 6.92 Å². The van der Waals surface area contributed by atoms with Gasteiger partial charge in [-0.3, -0.25) is 4.98 Å². The lowest BCUT2D eigenvalue weighted by atomic mass is 10.3. The molecule has 0 aliphatic carbocycles. The zero-order valence-electron chi connectivity index (χ0n) is 7.73. The lowest BCUT2D eigenvalue weighted by molar-refractivity contribution is 0.0600. The number of esters is 1. The highest BCUT2D eigenvalue weighted by molar-refractivity contribution is 5.88. The van der Waals surface area contributed by atoms with Gasteiger partial charge in [0.15, 0.2) is 0 Å². The maximum absolute atomic E-state index is 10.8. The molecule has 0 bridgehead atoms. The van der Waals surface area contributed by atoms with Gasteiger partial charge in [0.05, 0.1) is 12.7 Å². The number of aliphatic hydroxyl groups excluding tert-OH is 1. The molecule has 0 amide bonds. The van der Waals surface area contributed by atoms with Crippen LogP contribution in [-0.2, 0) is 4.74 Å². The van der Waals surface area contributed by atoms with E-state index >= 15 is 0 Å². The van der Waals surface area contributed by atoms with Crippen LogP contribution in [0.15, 0.2) is 24.5 Å². The summed E-state index contributed by atoms with van der Waals surface area (Å²) in [5.74, 6) is -0.354. The van der Waals surface area contributed by atoms with Crippen molar-refractivity contribution < 1.29 is 14.6 Å². The van der Waals surface area contributed by atoms with Gasteiger partial charge in [-0.15, -0.1) is 0 Å². The number of pyridine rings is 1. The summed E-state index contributed by atoms with van der Waals surface area (Å²) in [6.45, 7) is 1.93. The van der Waals surface area contributed by atoms with E-state index in [0.29, 0.717) is 5.56 Å². The van der Waals surface area contributed by atoms with Crippen LogP contribution in [0.25, 0.3) is 0 Å². The number of aliphatic hydroxyl groups is 1. The molecule has 0 radical (unpaired) electrons. The van der Waals surface area contributed by atoms with Crippen molar-refractivity contribution in [3.8, 4) is 0 Å². The Hall–Kier alpha value is -1.42. The smallest absolute Gasteiger partial charge is 0.339 e. The SMILES string of the molecule is CCO.COC(=O)c1cccnc1. The van der Waals surface area contributed by atoms with E-state index in [1.54, 1.807) is 25.3 Å². The minimum atomic E-state index is -0.354. The Balaban J connectivity index is 0.000000424. The molecular weight excluding hydrogens is 170 g/mol. The number of nitrogens with zero attached hydrogens (tertiary/aromatic N) is 1. The van der Waals surface area contributed by atoms with Crippen molar-refractivity contribution in [3.63, 3.8) is 0 Å². The molecule has 0 aliphatic rings. The van der Waals surface area contributed by atoms with Crippen LogP contribution in [0, 0.1) is 0 Å². The van der Waals surface area contributed by atoms with Gasteiger partial charge in [-0.25, -0.2) is 4.79 Å². The lowest BCUT2D eigenvalue weighted by Gasteiger charge is -1.94. The van der Waals surface area contributed by atoms with Gasteiger partial charge in [0, 0.05) is 19.0 Å². The number of carbonyl (C=O) groups is 1. The quantitative estimate of drug-likeness (QED) is 0.656. The summed E-state index contributed by atoms with van der Waals surface area (Å²) in [7, 11) is 1.34. The Labute approximate surface area is 77.2 Å². The average molecular weight is 183 g/mol. The van der Waals surface area contributed by atoms with E-state index in [1.165, 1.54) is 13.3 Å². The fourth-order valence-electron chi connectivity index (χ4n) is 0.601. The van der Waals surface area contributed by atoms with E-state index in [0.717, 1.165) is 0 Å². The summed E-state index contributed by atoms with van der Waals surface area (Å²) in [6, 6.07) is 3.34. The normalized spacial score (nSPS) is 8.23. The summed E-state index contributed by atoms with van der Waals surface area (Å²) >= 11 is 0. The number of hydrogen-bond acceptors (Lipinski definition) is 4. The van der Waals surface area contributed by atoms with Gasteiger partial charge in [0.25, 0.3) is 0 Å². The van der Waals surface area contributed by atoms with Gasteiger partial charge in [0.2, 0.25) is 0 Å². The molecule has 1 rings (SSSR count). The molecule has 4 heteroatoms. The molecule has 1 aromatic heterocycles. The molecule has 0 fully saturated rings. The molecule has 0 unspecified atom stereocenters. The maximum Gasteiger partial charge on any atom is 0.339 e. The molecule has 0 saturated carbocycles. The van der Waals surface area contributed by atoms with Crippen LogP contribution in [0.2, 0.25) is 0 Å². The molecule has 1 N–H and O–H groups in total. The highest BCUT2D eigenvalue weighted by Gasteiger charge is 2.01. The number of methoxy groups -OCH3 is 1. The van der Waals surface area contributed by atoms with E-state index < -0.39 is 0 Å². The fourth-order valence-corrected chi connectivity index (χ4v) is 0.601. The fraction of sp³-hybridized carbons (Fsp3) is 0.333. The number of ether oxygens (including phenoxy) is 1. The first-order valence-electron chi connectivity index (χ1n) is 3.85. The monoisotopic (exact) mass is 183 g/mol. The molecule has 4 nitrogen and oxygen atoms in total. The van der Waals surface area contributed by atoms with Crippen molar-refractivity contribution in [1.82, 2.24) is 4.98 Å². The summed E-state index contributed by atoms with van der Waals surface area (Å²) < 4.78 is 4.46.